The van der Waals surface area contributed by atoms with Crippen LogP contribution in [0.25, 0.3) is 10.8 Å². The van der Waals surface area contributed by atoms with Crippen molar-refractivity contribution in [1.29, 1.82) is 0 Å². The summed E-state index contributed by atoms with van der Waals surface area (Å²) < 4.78 is 11.1. The molecule has 0 bridgehead atoms. The van der Waals surface area contributed by atoms with Gasteiger partial charge in [-0.3, -0.25) is 0 Å². The van der Waals surface area contributed by atoms with E-state index in [9.17, 15) is 4.79 Å². The fourth-order valence-electron chi connectivity index (χ4n) is 3.69. The van der Waals surface area contributed by atoms with Gasteiger partial charge in [-0.25, -0.2) is 14.8 Å². The first-order valence-corrected chi connectivity index (χ1v) is 9.80. The Morgan fingerprint density at radius 1 is 0.966 bits per heavy atom. The van der Waals surface area contributed by atoms with Gasteiger partial charge in [0.1, 0.15) is 6.10 Å². The summed E-state index contributed by atoms with van der Waals surface area (Å²) in [7, 11) is 1.55. The second-order valence-electron chi connectivity index (χ2n) is 7.09. The molecule has 2 N–H and O–H groups in total. The first kappa shape index (κ1) is 19.0. The molecule has 0 aliphatic heterocycles. The van der Waals surface area contributed by atoms with Crippen molar-refractivity contribution < 1.29 is 14.3 Å². The maximum absolute atomic E-state index is 12.5. The Labute approximate surface area is 169 Å². The number of nitrogens with one attached hydrogen (secondary N) is 2. The van der Waals surface area contributed by atoms with Gasteiger partial charge in [0.25, 0.3) is 11.8 Å². The lowest BCUT2D eigenvalue weighted by molar-refractivity contribution is 0.129. The Kier molecular flexibility index (Phi) is 5.74. The molecule has 2 amide bonds. The van der Waals surface area contributed by atoms with E-state index in [1.807, 2.05) is 42.5 Å². The Morgan fingerprint density at radius 3 is 2.48 bits per heavy atom. The molecule has 0 spiro atoms. The molecular weight excluding hydrogens is 368 g/mol. The first-order chi connectivity index (χ1) is 14.2. The lowest BCUT2D eigenvalue weighted by atomic mass is 9.93. The van der Waals surface area contributed by atoms with Crippen LogP contribution in [-0.2, 0) is 0 Å². The van der Waals surface area contributed by atoms with Gasteiger partial charge in [0, 0.05) is 23.8 Å². The highest BCUT2D eigenvalue weighted by molar-refractivity contribution is 6.01. The number of carbonyl (C=O) groups excluding carboxylic acids is 1. The van der Waals surface area contributed by atoms with Gasteiger partial charge in [-0.2, -0.15) is 0 Å². The third-order valence-corrected chi connectivity index (χ3v) is 5.15. The van der Waals surface area contributed by atoms with Gasteiger partial charge in [0.15, 0.2) is 0 Å². The van der Waals surface area contributed by atoms with E-state index in [2.05, 4.69) is 20.6 Å². The number of ether oxygens (including phenoxy) is 2. The minimum atomic E-state index is -0.179. The summed E-state index contributed by atoms with van der Waals surface area (Å²) in [6, 6.07) is 13.8. The summed E-state index contributed by atoms with van der Waals surface area (Å²) >= 11 is 0. The van der Waals surface area contributed by atoms with Gasteiger partial charge in [-0.05, 0) is 37.1 Å². The highest BCUT2D eigenvalue weighted by Crippen LogP contribution is 2.27. The third-order valence-electron chi connectivity index (χ3n) is 5.15. The van der Waals surface area contributed by atoms with Crippen molar-refractivity contribution in [3.05, 3.63) is 54.9 Å². The zero-order valence-corrected chi connectivity index (χ0v) is 16.3. The van der Waals surface area contributed by atoms with Crippen LogP contribution in [0.1, 0.15) is 25.7 Å². The van der Waals surface area contributed by atoms with E-state index < -0.39 is 0 Å². The van der Waals surface area contributed by atoms with Crippen LogP contribution in [0, 0.1) is 0 Å². The number of hydrogen-bond donors (Lipinski definition) is 2. The monoisotopic (exact) mass is 392 g/mol. The van der Waals surface area contributed by atoms with Crippen LogP contribution in [0.2, 0.25) is 0 Å². The molecule has 29 heavy (non-hydrogen) atoms. The minimum Gasteiger partial charge on any atom is -0.477 e. The second kappa shape index (κ2) is 8.77. The fraction of sp³-hybridized carbons (Fsp3) is 0.318. The molecule has 150 valence electrons. The molecule has 1 heterocycles. The number of amides is 2. The Balaban J connectivity index is 1.30. The van der Waals surface area contributed by atoms with Crippen LogP contribution in [-0.4, -0.2) is 35.3 Å². The van der Waals surface area contributed by atoms with E-state index in [1.54, 1.807) is 19.5 Å². The standard InChI is InChI=1S/C22H24N4O3/c1-28-20-21(24-14-13-23-20)29-17-11-9-16(10-12-17)25-22(27)26-19-8-4-6-15-5-2-3-7-18(15)19/h2-8,13-14,16-17H,9-12H2,1H3,(H2,25,26,27). The van der Waals surface area contributed by atoms with Crippen molar-refractivity contribution >= 4 is 22.5 Å². The van der Waals surface area contributed by atoms with Crippen LogP contribution in [0.4, 0.5) is 10.5 Å². The van der Waals surface area contributed by atoms with Gasteiger partial charge in [-0.15, -0.1) is 0 Å². The number of rotatable bonds is 5. The summed E-state index contributed by atoms with van der Waals surface area (Å²) in [5.74, 6) is 0.808. The van der Waals surface area contributed by atoms with Crippen LogP contribution in [0.3, 0.4) is 0 Å². The van der Waals surface area contributed by atoms with Gasteiger partial charge >= 0.3 is 6.03 Å². The van der Waals surface area contributed by atoms with E-state index in [4.69, 9.17) is 9.47 Å². The molecule has 0 unspecified atom stereocenters. The molecule has 1 aromatic heterocycles. The van der Waals surface area contributed by atoms with Crippen molar-refractivity contribution in [2.24, 2.45) is 0 Å². The van der Waals surface area contributed by atoms with Crippen molar-refractivity contribution in [1.82, 2.24) is 15.3 Å². The van der Waals surface area contributed by atoms with Crippen LogP contribution in [0.15, 0.2) is 54.9 Å². The molecular formula is C22H24N4O3. The molecule has 1 aliphatic rings. The van der Waals surface area contributed by atoms with Crippen LogP contribution < -0.4 is 20.1 Å². The molecule has 2 aromatic carbocycles. The van der Waals surface area contributed by atoms with Gasteiger partial charge in [0.2, 0.25) is 0 Å². The number of carbonyl (C=O) groups is 1. The first-order valence-electron chi connectivity index (χ1n) is 9.80. The number of urea groups is 1. The number of anilines is 1. The highest BCUT2D eigenvalue weighted by atomic mass is 16.5. The molecule has 0 atom stereocenters. The summed E-state index contributed by atoms with van der Waals surface area (Å²) in [6.45, 7) is 0. The summed E-state index contributed by atoms with van der Waals surface area (Å²) in [5, 5.41) is 8.19. The lowest BCUT2D eigenvalue weighted by Gasteiger charge is -2.29. The number of hydrogen-bond acceptors (Lipinski definition) is 5. The Bertz CT molecular complexity index is 981. The predicted octanol–water partition coefficient (Wildman–Crippen LogP) is 4.15. The van der Waals surface area contributed by atoms with Crippen molar-refractivity contribution in [2.45, 2.75) is 37.8 Å². The quantitative estimate of drug-likeness (QED) is 0.681. The number of nitrogens with zero attached hydrogens (tertiary/aromatic N) is 2. The third kappa shape index (κ3) is 4.56. The SMILES string of the molecule is COc1nccnc1OC1CCC(NC(=O)Nc2cccc3ccccc23)CC1. The number of benzene rings is 2. The summed E-state index contributed by atoms with van der Waals surface area (Å²) in [6.07, 6.45) is 6.55. The maximum atomic E-state index is 12.5. The van der Waals surface area contributed by atoms with Gasteiger partial charge in [0.05, 0.1) is 12.8 Å². The van der Waals surface area contributed by atoms with E-state index in [1.165, 1.54) is 0 Å². The van der Waals surface area contributed by atoms with Gasteiger partial charge < -0.3 is 20.1 Å². The fourth-order valence-corrected chi connectivity index (χ4v) is 3.69. The average molecular weight is 392 g/mol. The Morgan fingerprint density at radius 2 is 1.69 bits per heavy atom. The van der Waals surface area contributed by atoms with Crippen molar-refractivity contribution in [2.75, 3.05) is 12.4 Å². The van der Waals surface area contributed by atoms with Gasteiger partial charge in [-0.1, -0.05) is 36.4 Å². The molecule has 0 radical (unpaired) electrons. The van der Waals surface area contributed by atoms with E-state index in [0.717, 1.165) is 42.1 Å². The average Bonchev–Trinajstić information content (AvgIpc) is 2.76. The van der Waals surface area contributed by atoms with Crippen LogP contribution >= 0.6 is 0 Å². The molecule has 7 heteroatoms. The molecule has 3 aromatic rings. The molecule has 0 saturated heterocycles. The Hall–Kier alpha value is -3.35. The number of methoxy groups -OCH3 is 1. The van der Waals surface area contributed by atoms with Crippen molar-refractivity contribution in [3.8, 4) is 11.8 Å². The lowest BCUT2D eigenvalue weighted by Crippen LogP contribution is -2.41. The topological polar surface area (TPSA) is 85.4 Å². The molecule has 7 nitrogen and oxygen atoms in total. The normalized spacial score (nSPS) is 18.8. The number of aromatic nitrogens is 2. The minimum absolute atomic E-state index is 0.0415. The summed E-state index contributed by atoms with van der Waals surface area (Å²) in [4.78, 5) is 20.8. The molecule has 1 aliphatic carbocycles. The zero-order valence-electron chi connectivity index (χ0n) is 16.3. The molecule has 1 fully saturated rings. The van der Waals surface area contributed by atoms with Crippen LogP contribution in [0.5, 0.6) is 11.8 Å². The smallest absolute Gasteiger partial charge is 0.319 e. The highest BCUT2D eigenvalue weighted by Gasteiger charge is 2.25. The van der Waals surface area contributed by atoms with E-state index in [0.29, 0.717) is 11.8 Å². The van der Waals surface area contributed by atoms with Crippen molar-refractivity contribution in [3.63, 3.8) is 0 Å². The van der Waals surface area contributed by atoms with E-state index >= 15 is 0 Å². The summed E-state index contributed by atoms with van der Waals surface area (Å²) in [5.41, 5.74) is 0.812. The maximum Gasteiger partial charge on any atom is 0.319 e. The molecule has 4 rings (SSSR count). The zero-order chi connectivity index (χ0) is 20.1. The predicted molar refractivity (Wildman–Crippen MR) is 111 cm³/mol. The largest absolute Gasteiger partial charge is 0.477 e. The van der Waals surface area contributed by atoms with E-state index in [-0.39, 0.29) is 18.2 Å². The second-order valence-corrected chi connectivity index (χ2v) is 7.09. The molecule has 1 saturated carbocycles. The number of fused-ring (bicyclic) bond motifs is 1.